The lowest BCUT2D eigenvalue weighted by molar-refractivity contribution is 0.0950. The van der Waals surface area contributed by atoms with Crippen molar-refractivity contribution in [3.05, 3.63) is 35.6 Å². The average molecular weight is 366 g/mol. The fourth-order valence-electron chi connectivity index (χ4n) is 1.19. The summed E-state index contributed by atoms with van der Waals surface area (Å²) in [5.74, 6) is -0.686. The monoisotopic (exact) mass is 366 g/mol. The fraction of sp³-hybridized carbons (Fsp3) is 0.273. The highest BCUT2D eigenvalue weighted by molar-refractivity contribution is 14.0. The van der Waals surface area contributed by atoms with Gasteiger partial charge in [0.1, 0.15) is 5.82 Å². The molecule has 4 N–H and O–H groups in total. The summed E-state index contributed by atoms with van der Waals surface area (Å²) in [4.78, 5) is 15.2. The third kappa shape index (κ3) is 5.30. The number of aliphatic imine (C=N–C) groups is 1. The van der Waals surface area contributed by atoms with Crippen molar-refractivity contribution >= 4 is 35.8 Å². The van der Waals surface area contributed by atoms with Gasteiger partial charge in [0, 0.05) is 20.1 Å². The Morgan fingerprint density at radius 1 is 1.33 bits per heavy atom. The van der Waals surface area contributed by atoms with E-state index in [0.717, 1.165) is 0 Å². The first kappa shape index (κ1) is 16.6. The van der Waals surface area contributed by atoms with E-state index in [0.29, 0.717) is 19.0 Å². The van der Waals surface area contributed by atoms with Crippen molar-refractivity contribution in [2.75, 3.05) is 20.1 Å². The second-order valence-corrected chi connectivity index (χ2v) is 3.27. The molecule has 7 heteroatoms. The molecule has 0 saturated carbocycles. The van der Waals surface area contributed by atoms with Crippen LogP contribution in [0.4, 0.5) is 4.39 Å². The molecule has 1 aromatic rings. The van der Waals surface area contributed by atoms with E-state index in [1.54, 1.807) is 13.1 Å². The quantitative estimate of drug-likeness (QED) is 0.318. The van der Waals surface area contributed by atoms with Gasteiger partial charge in [0.25, 0.3) is 5.91 Å². The van der Waals surface area contributed by atoms with Gasteiger partial charge in [0.15, 0.2) is 5.96 Å². The third-order valence-electron chi connectivity index (χ3n) is 2.08. The second-order valence-electron chi connectivity index (χ2n) is 3.27. The maximum atomic E-state index is 13.2. The van der Waals surface area contributed by atoms with Gasteiger partial charge in [0.2, 0.25) is 0 Å². The molecule has 0 atom stereocenters. The Hall–Kier alpha value is -1.38. The summed E-state index contributed by atoms with van der Waals surface area (Å²) in [6.07, 6.45) is 0. The first-order valence-corrected chi connectivity index (χ1v) is 5.14. The van der Waals surface area contributed by atoms with Gasteiger partial charge in [-0.15, -0.1) is 24.0 Å². The maximum Gasteiger partial charge on any atom is 0.254 e. The lowest BCUT2D eigenvalue weighted by Gasteiger charge is -2.07. The molecular weight excluding hydrogens is 350 g/mol. The average Bonchev–Trinajstić information content (AvgIpc) is 2.34. The van der Waals surface area contributed by atoms with E-state index < -0.39 is 11.7 Å². The van der Waals surface area contributed by atoms with E-state index in [4.69, 9.17) is 5.73 Å². The van der Waals surface area contributed by atoms with Crippen molar-refractivity contribution in [2.24, 2.45) is 10.7 Å². The number of benzene rings is 1. The van der Waals surface area contributed by atoms with Crippen LogP contribution in [0, 0.1) is 5.82 Å². The third-order valence-corrected chi connectivity index (χ3v) is 2.08. The minimum Gasteiger partial charge on any atom is -0.370 e. The summed E-state index contributed by atoms with van der Waals surface area (Å²) >= 11 is 0. The zero-order chi connectivity index (χ0) is 12.7. The molecule has 0 aliphatic rings. The molecule has 100 valence electrons. The van der Waals surface area contributed by atoms with Crippen LogP contribution in [0.1, 0.15) is 10.4 Å². The molecule has 1 rings (SSSR count). The number of carbonyl (C=O) groups is 1. The fourth-order valence-corrected chi connectivity index (χ4v) is 1.19. The number of carbonyl (C=O) groups excluding carboxylic acids is 1. The van der Waals surface area contributed by atoms with Crippen LogP contribution in [-0.4, -0.2) is 32.0 Å². The van der Waals surface area contributed by atoms with Crippen molar-refractivity contribution in [2.45, 2.75) is 0 Å². The molecule has 0 saturated heterocycles. The summed E-state index contributed by atoms with van der Waals surface area (Å²) in [6, 6.07) is 5.82. The molecule has 1 amide bonds. The number of nitrogens with zero attached hydrogens (tertiary/aromatic N) is 1. The van der Waals surface area contributed by atoms with Crippen LogP contribution in [0.25, 0.3) is 0 Å². The Morgan fingerprint density at radius 3 is 2.56 bits per heavy atom. The molecule has 18 heavy (non-hydrogen) atoms. The van der Waals surface area contributed by atoms with Gasteiger partial charge in [-0.1, -0.05) is 12.1 Å². The van der Waals surface area contributed by atoms with Crippen molar-refractivity contribution in [1.29, 1.82) is 0 Å². The minimum atomic E-state index is -0.535. The molecule has 0 unspecified atom stereocenters. The van der Waals surface area contributed by atoms with Crippen LogP contribution in [0.2, 0.25) is 0 Å². The van der Waals surface area contributed by atoms with E-state index >= 15 is 0 Å². The predicted molar refractivity (Wildman–Crippen MR) is 79.7 cm³/mol. The SMILES string of the molecule is CN=C(N)NCCNC(=O)c1ccccc1F.I. The number of amides is 1. The van der Waals surface area contributed by atoms with Crippen LogP contribution >= 0.6 is 24.0 Å². The normalized spacial score (nSPS) is 10.4. The Balaban J connectivity index is 0.00000289. The number of guanidine groups is 1. The minimum absolute atomic E-state index is 0. The molecule has 0 bridgehead atoms. The molecule has 5 nitrogen and oxygen atoms in total. The Morgan fingerprint density at radius 2 is 1.94 bits per heavy atom. The van der Waals surface area contributed by atoms with Crippen LogP contribution < -0.4 is 16.4 Å². The van der Waals surface area contributed by atoms with Gasteiger partial charge in [0.05, 0.1) is 5.56 Å². The molecule has 0 aliphatic carbocycles. The van der Waals surface area contributed by atoms with Gasteiger partial charge in [-0.3, -0.25) is 9.79 Å². The van der Waals surface area contributed by atoms with E-state index in [-0.39, 0.29) is 29.5 Å². The topological polar surface area (TPSA) is 79.5 Å². The molecule has 0 aliphatic heterocycles. The lowest BCUT2D eigenvalue weighted by atomic mass is 10.2. The molecule has 1 aromatic carbocycles. The van der Waals surface area contributed by atoms with Gasteiger partial charge in [-0.2, -0.15) is 0 Å². The second kappa shape index (κ2) is 8.67. The first-order valence-electron chi connectivity index (χ1n) is 5.14. The summed E-state index contributed by atoms with van der Waals surface area (Å²) in [5.41, 5.74) is 5.42. The van der Waals surface area contributed by atoms with Crippen LogP contribution in [-0.2, 0) is 0 Å². The highest BCUT2D eigenvalue weighted by Crippen LogP contribution is 2.05. The van der Waals surface area contributed by atoms with E-state index in [1.165, 1.54) is 18.2 Å². The molecule has 0 fully saturated rings. The summed E-state index contributed by atoms with van der Waals surface area (Å²) < 4.78 is 13.2. The first-order chi connectivity index (χ1) is 8.15. The Bertz CT molecular complexity index is 425. The van der Waals surface area contributed by atoms with Crippen LogP contribution in [0.3, 0.4) is 0 Å². The Kier molecular flexibility index (Phi) is 8.01. The molecule has 0 aromatic heterocycles. The van der Waals surface area contributed by atoms with E-state index in [9.17, 15) is 9.18 Å². The van der Waals surface area contributed by atoms with E-state index in [2.05, 4.69) is 15.6 Å². The number of halogens is 2. The molecule has 0 heterocycles. The standard InChI is InChI=1S/C11H15FN4O.HI/c1-14-11(13)16-7-6-15-10(17)8-4-2-3-5-9(8)12;/h2-5H,6-7H2,1H3,(H,15,17)(H3,13,14,16);1H. The van der Waals surface area contributed by atoms with Crippen LogP contribution in [0.5, 0.6) is 0 Å². The molecule has 0 spiro atoms. The van der Waals surface area contributed by atoms with Gasteiger partial charge in [-0.05, 0) is 12.1 Å². The van der Waals surface area contributed by atoms with Gasteiger partial charge < -0.3 is 16.4 Å². The summed E-state index contributed by atoms with van der Waals surface area (Å²) in [7, 11) is 1.56. The lowest BCUT2D eigenvalue weighted by Crippen LogP contribution is -2.38. The smallest absolute Gasteiger partial charge is 0.254 e. The highest BCUT2D eigenvalue weighted by atomic mass is 127. The number of hydrogen-bond donors (Lipinski definition) is 3. The molecule has 0 radical (unpaired) electrons. The number of hydrogen-bond acceptors (Lipinski definition) is 2. The maximum absolute atomic E-state index is 13.2. The van der Waals surface area contributed by atoms with Gasteiger partial charge >= 0.3 is 0 Å². The number of rotatable bonds is 4. The highest BCUT2D eigenvalue weighted by Gasteiger charge is 2.09. The van der Waals surface area contributed by atoms with Crippen LogP contribution in [0.15, 0.2) is 29.3 Å². The van der Waals surface area contributed by atoms with Crippen molar-refractivity contribution in [1.82, 2.24) is 10.6 Å². The molecular formula is C11H16FIN4O. The summed E-state index contributed by atoms with van der Waals surface area (Å²) in [6.45, 7) is 0.771. The van der Waals surface area contributed by atoms with Crippen molar-refractivity contribution in [3.63, 3.8) is 0 Å². The Labute approximate surface area is 122 Å². The van der Waals surface area contributed by atoms with Crippen molar-refractivity contribution in [3.8, 4) is 0 Å². The van der Waals surface area contributed by atoms with Crippen molar-refractivity contribution < 1.29 is 9.18 Å². The summed E-state index contributed by atoms with van der Waals surface area (Å²) in [5, 5.41) is 5.34. The number of nitrogens with one attached hydrogen (secondary N) is 2. The van der Waals surface area contributed by atoms with Gasteiger partial charge in [-0.25, -0.2) is 4.39 Å². The van der Waals surface area contributed by atoms with E-state index in [1.807, 2.05) is 0 Å². The number of nitrogens with two attached hydrogens (primary N) is 1. The predicted octanol–water partition coefficient (Wildman–Crippen LogP) is 0.708. The zero-order valence-corrected chi connectivity index (χ0v) is 12.3. The zero-order valence-electron chi connectivity index (χ0n) is 9.94. The largest absolute Gasteiger partial charge is 0.370 e.